The van der Waals surface area contributed by atoms with Crippen molar-refractivity contribution in [2.24, 2.45) is 22.5 Å². The van der Waals surface area contributed by atoms with Crippen LogP contribution < -0.4 is 11.1 Å². The summed E-state index contributed by atoms with van der Waals surface area (Å²) in [6.45, 7) is 11.2. The van der Waals surface area contributed by atoms with Gasteiger partial charge in [0, 0.05) is 18.5 Å². The number of carbonyl (C=O) groups excluding carboxylic acids is 1. The fourth-order valence-electron chi connectivity index (χ4n) is 2.28. The van der Waals surface area contributed by atoms with E-state index in [2.05, 4.69) is 33.0 Å². The van der Waals surface area contributed by atoms with Gasteiger partial charge in [0.1, 0.15) is 0 Å². The van der Waals surface area contributed by atoms with Gasteiger partial charge in [0.05, 0.1) is 0 Å². The van der Waals surface area contributed by atoms with Crippen molar-refractivity contribution >= 4 is 5.91 Å². The van der Waals surface area contributed by atoms with Gasteiger partial charge in [0.25, 0.3) is 0 Å². The van der Waals surface area contributed by atoms with Crippen LogP contribution in [0.15, 0.2) is 0 Å². The second kappa shape index (κ2) is 3.78. The largest absolute Gasteiger partial charge is 0.352 e. The summed E-state index contributed by atoms with van der Waals surface area (Å²) in [6.07, 6.45) is 0.815. The Bertz CT molecular complexity index is 240. The molecule has 88 valence electrons. The Morgan fingerprint density at radius 2 is 1.80 bits per heavy atom. The molecule has 0 bridgehead atoms. The number of hydrogen-bond donors (Lipinski definition) is 2. The Morgan fingerprint density at radius 1 is 1.33 bits per heavy atom. The number of nitrogens with one attached hydrogen (secondary N) is 1. The van der Waals surface area contributed by atoms with Crippen LogP contribution >= 0.6 is 0 Å². The molecule has 0 aliphatic heterocycles. The van der Waals surface area contributed by atoms with Gasteiger partial charge in [-0.15, -0.1) is 0 Å². The fraction of sp³-hybridized carbons (Fsp3) is 0.917. The summed E-state index contributed by atoms with van der Waals surface area (Å²) in [5.74, 6) is 0.0841. The highest BCUT2D eigenvalue weighted by atomic mass is 16.2. The van der Waals surface area contributed by atoms with Crippen LogP contribution in [0.3, 0.4) is 0 Å². The van der Waals surface area contributed by atoms with E-state index < -0.39 is 0 Å². The Labute approximate surface area is 92.8 Å². The SMILES string of the molecule is CCC(CN)C(=O)NC1C(C)(C)C1(C)C. The van der Waals surface area contributed by atoms with E-state index in [9.17, 15) is 4.79 Å². The lowest BCUT2D eigenvalue weighted by atomic mass is 10.0. The van der Waals surface area contributed by atoms with Gasteiger partial charge in [-0.3, -0.25) is 4.79 Å². The molecule has 1 aliphatic rings. The number of carbonyl (C=O) groups is 1. The molecule has 15 heavy (non-hydrogen) atoms. The quantitative estimate of drug-likeness (QED) is 0.742. The van der Waals surface area contributed by atoms with E-state index in [-0.39, 0.29) is 28.7 Å². The van der Waals surface area contributed by atoms with Crippen molar-refractivity contribution in [2.45, 2.75) is 47.1 Å². The third kappa shape index (κ3) is 1.89. The second-order valence-corrected chi connectivity index (χ2v) is 5.73. The molecule has 1 saturated carbocycles. The zero-order valence-corrected chi connectivity index (χ0v) is 10.6. The topological polar surface area (TPSA) is 55.1 Å². The second-order valence-electron chi connectivity index (χ2n) is 5.73. The molecule has 1 rings (SSSR count). The Balaban J connectivity index is 2.55. The summed E-state index contributed by atoms with van der Waals surface area (Å²) in [4.78, 5) is 11.8. The summed E-state index contributed by atoms with van der Waals surface area (Å²) in [7, 11) is 0. The molecule has 3 heteroatoms. The number of amides is 1. The van der Waals surface area contributed by atoms with E-state index in [0.717, 1.165) is 6.42 Å². The minimum Gasteiger partial charge on any atom is -0.352 e. The van der Waals surface area contributed by atoms with Gasteiger partial charge in [-0.1, -0.05) is 34.6 Å². The van der Waals surface area contributed by atoms with E-state index >= 15 is 0 Å². The predicted molar refractivity (Wildman–Crippen MR) is 62.3 cm³/mol. The molecule has 1 unspecified atom stereocenters. The highest BCUT2D eigenvalue weighted by Gasteiger charge is 2.65. The molecular weight excluding hydrogens is 188 g/mol. The highest BCUT2D eigenvalue weighted by molar-refractivity contribution is 5.79. The lowest BCUT2D eigenvalue weighted by Crippen LogP contribution is -2.38. The maximum atomic E-state index is 11.8. The predicted octanol–water partition coefficient (Wildman–Crippen LogP) is 1.52. The molecule has 0 heterocycles. The van der Waals surface area contributed by atoms with E-state index in [0.29, 0.717) is 6.54 Å². The standard InChI is InChI=1S/C12H24N2O/c1-6-8(7-13)9(15)14-10-11(2,3)12(10,4)5/h8,10H,6-7,13H2,1-5H3,(H,14,15). The lowest BCUT2D eigenvalue weighted by Gasteiger charge is -2.13. The first kappa shape index (κ1) is 12.5. The first-order valence-corrected chi connectivity index (χ1v) is 5.79. The molecule has 1 aliphatic carbocycles. The number of nitrogens with two attached hydrogens (primary N) is 1. The Hall–Kier alpha value is -0.570. The number of rotatable bonds is 4. The normalized spacial score (nSPS) is 24.7. The molecule has 0 saturated heterocycles. The van der Waals surface area contributed by atoms with Crippen molar-refractivity contribution in [2.75, 3.05) is 6.54 Å². The molecule has 1 amide bonds. The maximum absolute atomic E-state index is 11.8. The molecule has 3 N–H and O–H groups in total. The van der Waals surface area contributed by atoms with Gasteiger partial charge in [-0.25, -0.2) is 0 Å². The van der Waals surface area contributed by atoms with E-state index in [1.54, 1.807) is 0 Å². The van der Waals surface area contributed by atoms with Gasteiger partial charge in [-0.2, -0.15) is 0 Å². The summed E-state index contributed by atoms with van der Waals surface area (Å²) in [5, 5.41) is 3.12. The maximum Gasteiger partial charge on any atom is 0.224 e. The molecular formula is C12H24N2O. The molecule has 0 radical (unpaired) electrons. The average Bonchev–Trinajstić information content (AvgIpc) is 2.50. The molecule has 0 aromatic heterocycles. The van der Waals surface area contributed by atoms with E-state index in [1.807, 2.05) is 6.92 Å². The molecule has 1 atom stereocenters. The van der Waals surface area contributed by atoms with Crippen LogP contribution in [-0.4, -0.2) is 18.5 Å². The van der Waals surface area contributed by atoms with Crippen LogP contribution in [0.4, 0.5) is 0 Å². The van der Waals surface area contributed by atoms with Gasteiger partial charge in [0.15, 0.2) is 0 Å². The van der Waals surface area contributed by atoms with Crippen molar-refractivity contribution in [1.82, 2.24) is 5.32 Å². The highest BCUT2D eigenvalue weighted by Crippen LogP contribution is 2.62. The minimum atomic E-state index is -0.0304. The van der Waals surface area contributed by atoms with Crippen LogP contribution in [0.1, 0.15) is 41.0 Å². The zero-order valence-electron chi connectivity index (χ0n) is 10.6. The molecule has 0 aromatic rings. The lowest BCUT2D eigenvalue weighted by molar-refractivity contribution is -0.125. The Kier molecular flexibility index (Phi) is 3.15. The molecule has 1 fully saturated rings. The van der Waals surface area contributed by atoms with Gasteiger partial charge >= 0.3 is 0 Å². The van der Waals surface area contributed by atoms with Crippen molar-refractivity contribution in [3.05, 3.63) is 0 Å². The zero-order chi connectivity index (χ0) is 11.9. The van der Waals surface area contributed by atoms with Crippen molar-refractivity contribution in [3.63, 3.8) is 0 Å². The van der Waals surface area contributed by atoms with Gasteiger partial charge in [-0.05, 0) is 17.3 Å². The number of hydrogen-bond acceptors (Lipinski definition) is 2. The van der Waals surface area contributed by atoms with Crippen LogP contribution in [0.5, 0.6) is 0 Å². The molecule has 0 aromatic carbocycles. The van der Waals surface area contributed by atoms with Gasteiger partial charge in [0.2, 0.25) is 5.91 Å². The Morgan fingerprint density at radius 3 is 2.07 bits per heavy atom. The van der Waals surface area contributed by atoms with E-state index in [1.165, 1.54) is 0 Å². The van der Waals surface area contributed by atoms with Crippen LogP contribution in [0.2, 0.25) is 0 Å². The first-order chi connectivity index (χ1) is 6.79. The molecule has 0 spiro atoms. The summed E-state index contributed by atoms with van der Waals surface area (Å²) in [5.41, 5.74) is 5.96. The van der Waals surface area contributed by atoms with Crippen molar-refractivity contribution < 1.29 is 4.79 Å². The van der Waals surface area contributed by atoms with Crippen LogP contribution in [-0.2, 0) is 4.79 Å². The molecule has 3 nitrogen and oxygen atoms in total. The first-order valence-electron chi connectivity index (χ1n) is 5.79. The monoisotopic (exact) mass is 212 g/mol. The van der Waals surface area contributed by atoms with Crippen LogP contribution in [0.25, 0.3) is 0 Å². The average molecular weight is 212 g/mol. The van der Waals surface area contributed by atoms with Crippen LogP contribution in [0, 0.1) is 16.7 Å². The summed E-state index contributed by atoms with van der Waals surface area (Å²) >= 11 is 0. The van der Waals surface area contributed by atoms with Crippen molar-refractivity contribution in [1.29, 1.82) is 0 Å². The fourth-order valence-corrected chi connectivity index (χ4v) is 2.28. The summed E-state index contributed by atoms with van der Waals surface area (Å²) < 4.78 is 0. The smallest absolute Gasteiger partial charge is 0.224 e. The van der Waals surface area contributed by atoms with Crippen molar-refractivity contribution in [3.8, 4) is 0 Å². The summed E-state index contributed by atoms with van der Waals surface area (Å²) in [6, 6.07) is 0.290. The third-order valence-corrected chi connectivity index (χ3v) is 4.46. The third-order valence-electron chi connectivity index (χ3n) is 4.46. The minimum absolute atomic E-state index is 0.0304. The van der Waals surface area contributed by atoms with Gasteiger partial charge < -0.3 is 11.1 Å². The van der Waals surface area contributed by atoms with E-state index in [4.69, 9.17) is 5.73 Å².